The van der Waals surface area contributed by atoms with Gasteiger partial charge in [0.25, 0.3) is 15.7 Å². The van der Waals surface area contributed by atoms with Gasteiger partial charge in [0, 0.05) is 19.7 Å². The second kappa shape index (κ2) is 7.98. The fourth-order valence-corrected chi connectivity index (χ4v) is 4.92. The van der Waals surface area contributed by atoms with Gasteiger partial charge in [0.1, 0.15) is 6.33 Å². The number of para-hydroxylation sites is 1. The molecular weight excluding hydrogens is 402 g/mol. The Balaban J connectivity index is 2.03. The third kappa shape index (κ3) is 3.85. The lowest BCUT2D eigenvalue weighted by molar-refractivity contribution is -0.388. The van der Waals surface area contributed by atoms with Crippen molar-refractivity contribution in [1.29, 1.82) is 0 Å². The maximum Gasteiger partial charge on any atom is 0.284 e. The maximum atomic E-state index is 13.1. The second-order valence-corrected chi connectivity index (χ2v) is 8.53. The number of sulfonamides is 1. The number of rotatable bonds is 7. The van der Waals surface area contributed by atoms with Crippen molar-refractivity contribution in [2.45, 2.75) is 21.9 Å². The average molecular weight is 419 g/mol. The first kappa shape index (κ1) is 19.8. The monoisotopic (exact) mass is 419 g/mol. The molecule has 1 aromatic heterocycles. The Morgan fingerprint density at radius 1 is 1.21 bits per heavy atom. The predicted molar refractivity (Wildman–Crippen MR) is 105 cm³/mol. The zero-order valence-corrected chi connectivity index (χ0v) is 16.7. The first-order valence-corrected chi connectivity index (χ1v) is 10.5. The van der Waals surface area contributed by atoms with Crippen molar-refractivity contribution in [1.82, 2.24) is 14.8 Å². The number of hydrogen-bond donors (Lipinski definition) is 0. The fraction of sp³-hybridized carbons (Fsp3) is 0.176. The van der Waals surface area contributed by atoms with E-state index in [-0.39, 0.29) is 22.0 Å². The average Bonchev–Trinajstić information content (AvgIpc) is 3.07. The first-order valence-electron chi connectivity index (χ1n) is 8.22. The molecule has 0 saturated carbocycles. The minimum Gasteiger partial charge on any atom is -0.267 e. The molecule has 0 aliphatic heterocycles. The molecule has 0 bridgehead atoms. The molecule has 1 heterocycles. The van der Waals surface area contributed by atoms with Gasteiger partial charge < -0.3 is 0 Å². The van der Waals surface area contributed by atoms with Crippen LogP contribution >= 0.6 is 11.8 Å². The number of hydrogen-bond acceptors (Lipinski definition) is 7. The lowest BCUT2D eigenvalue weighted by atomic mass is 10.3. The molecule has 0 atom stereocenters. The SMILES string of the molecule is CCN(c1ccccc1)S(=O)(=O)c1ccc(Sc2ncnn2C)c([N+](=O)[O-])c1. The number of aromatic nitrogens is 3. The molecule has 28 heavy (non-hydrogen) atoms. The molecule has 0 fully saturated rings. The maximum absolute atomic E-state index is 13.1. The molecule has 146 valence electrons. The van der Waals surface area contributed by atoms with Crippen molar-refractivity contribution >= 4 is 33.2 Å². The summed E-state index contributed by atoms with van der Waals surface area (Å²) < 4.78 is 28.9. The number of nitro groups is 1. The van der Waals surface area contributed by atoms with Gasteiger partial charge in [0.05, 0.1) is 20.4 Å². The quantitative estimate of drug-likeness (QED) is 0.427. The normalized spacial score (nSPS) is 11.4. The summed E-state index contributed by atoms with van der Waals surface area (Å²) >= 11 is 1.04. The lowest BCUT2D eigenvalue weighted by Gasteiger charge is -2.22. The highest BCUT2D eigenvalue weighted by atomic mass is 32.2. The number of nitrogens with zero attached hydrogens (tertiary/aromatic N) is 5. The highest BCUT2D eigenvalue weighted by Gasteiger charge is 2.27. The smallest absolute Gasteiger partial charge is 0.267 e. The molecule has 0 N–H and O–H groups in total. The van der Waals surface area contributed by atoms with Crippen molar-refractivity contribution in [3.63, 3.8) is 0 Å². The molecule has 0 aliphatic rings. The Morgan fingerprint density at radius 2 is 1.93 bits per heavy atom. The highest BCUT2D eigenvalue weighted by Crippen LogP contribution is 2.36. The zero-order chi connectivity index (χ0) is 20.3. The van der Waals surface area contributed by atoms with E-state index in [1.165, 1.54) is 27.4 Å². The van der Waals surface area contributed by atoms with Crippen LogP contribution in [0, 0.1) is 10.1 Å². The van der Waals surface area contributed by atoms with Crippen LogP contribution in [-0.4, -0.2) is 34.7 Å². The second-order valence-electron chi connectivity index (χ2n) is 5.66. The van der Waals surface area contributed by atoms with Gasteiger partial charge in [0.2, 0.25) is 0 Å². The van der Waals surface area contributed by atoms with Gasteiger partial charge in [-0.05, 0) is 43.0 Å². The van der Waals surface area contributed by atoms with E-state index in [9.17, 15) is 18.5 Å². The van der Waals surface area contributed by atoms with Crippen LogP contribution in [0.3, 0.4) is 0 Å². The Bertz CT molecular complexity index is 1100. The van der Waals surface area contributed by atoms with Gasteiger partial charge in [-0.15, -0.1) is 0 Å². The standard InChI is InChI=1S/C17H17N5O4S2/c1-3-21(13-7-5-4-6-8-13)28(25,26)14-9-10-16(15(11-14)22(23)24)27-17-18-12-19-20(17)2/h4-12H,3H2,1-2H3. The number of nitro benzene ring substituents is 1. The van der Waals surface area contributed by atoms with E-state index < -0.39 is 14.9 Å². The number of aryl methyl sites for hydroxylation is 1. The van der Waals surface area contributed by atoms with E-state index in [0.717, 1.165) is 17.8 Å². The van der Waals surface area contributed by atoms with E-state index in [1.54, 1.807) is 44.3 Å². The Hall–Kier alpha value is -2.92. The van der Waals surface area contributed by atoms with Gasteiger partial charge in [0.15, 0.2) is 5.16 Å². The van der Waals surface area contributed by atoms with E-state index in [4.69, 9.17) is 0 Å². The summed E-state index contributed by atoms with van der Waals surface area (Å²) in [6.07, 6.45) is 1.34. The molecule has 3 aromatic rings. The van der Waals surface area contributed by atoms with Crippen LogP contribution in [0.25, 0.3) is 0 Å². The van der Waals surface area contributed by atoms with Gasteiger partial charge in [-0.3, -0.25) is 14.4 Å². The van der Waals surface area contributed by atoms with Crippen LogP contribution in [0.2, 0.25) is 0 Å². The summed E-state index contributed by atoms with van der Waals surface area (Å²) in [5.41, 5.74) is 0.184. The van der Waals surface area contributed by atoms with Gasteiger partial charge in [-0.2, -0.15) is 5.10 Å². The van der Waals surface area contributed by atoms with E-state index in [1.807, 2.05) is 0 Å². The lowest BCUT2D eigenvalue weighted by Crippen LogP contribution is -2.30. The molecule has 0 saturated heterocycles. The summed E-state index contributed by atoms with van der Waals surface area (Å²) in [7, 11) is -2.30. The number of anilines is 1. The Morgan fingerprint density at radius 3 is 2.50 bits per heavy atom. The van der Waals surface area contributed by atoms with Crippen LogP contribution in [-0.2, 0) is 17.1 Å². The summed E-state index contributed by atoms with van der Waals surface area (Å²) in [4.78, 5) is 15.1. The van der Waals surface area contributed by atoms with E-state index in [0.29, 0.717) is 10.8 Å². The Labute approximate surface area is 166 Å². The summed E-state index contributed by atoms with van der Waals surface area (Å²) in [5.74, 6) is 0. The zero-order valence-electron chi connectivity index (χ0n) is 15.1. The molecule has 9 nitrogen and oxygen atoms in total. The van der Waals surface area contributed by atoms with Crippen molar-refractivity contribution in [2.75, 3.05) is 10.8 Å². The van der Waals surface area contributed by atoms with Crippen molar-refractivity contribution in [3.05, 3.63) is 65.0 Å². The molecule has 3 rings (SSSR count). The third-order valence-corrected chi connectivity index (χ3v) is 6.93. The van der Waals surface area contributed by atoms with Crippen LogP contribution in [0.4, 0.5) is 11.4 Å². The van der Waals surface area contributed by atoms with Crippen LogP contribution in [0.5, 0.6) is 0 Å². The first-order chi connectivity index (χ1) is 13.3. The van der Waals surface area contributed by atoms with Crippen LogP contribution in [0.15, 0.2) is 69.8 Å². The van der Waals surface area contributed by atoms with Gasteiger partial charge in [-0.25, -0.2) is 18.1 Å². The van der Waals surface area contributed by atoms with Crippen LogP contribution in [0.1, 0.15) is 6.92 Å². The molecule has 0 spiro atoms. The molecule has 11 heteroatoms. The molecule has 2 aromatic carbocycles. The predicted octanol–water partition coefficient (Wildman–Crippen LogP) is 3.09. The third-order valence-electron chi connectivity index (χ3n) is 3.92. The Kier molecular flexibility index (Phi) is 5.66. The topological polar surface area (TPSA) is 111 Å². The summed E-state index contributed by atoms with van der Waals surface area (Å²) in [6.45, 7) is 1.90. The largest absolute Gasteiger partial charge is 0.284 e. The number of benzene rings is 2. The van der Waals surface area contributed by atoms with Crippen molar-refractivity contribution in [3.8, 4) is 0 Å². The van der Waals surface area contributed by atoms with Crippen LogP contribution < -0.4 is 4.31 Å². The minimum atomic E-state index is -3.96. The summed E-state index contributed by atoms with van der Waals surface area (Å²) in [5, 5.41) is 15.9. The van der Waals surface area contributed by atoms with Crippen molar-refractivity contribution < 1.29 is 13.3 Å². The van der Waals surface area contributed by atoms with Gasteiger partial charge >= 0.3 is 0 Å². The summed E-state index contributed by atoms with van der Waals surface area (Å²) in [6, 6.07) is 12.5. The molecular formula is C17H17N5O4S2. The minimum absolute atomic E-state index is 0.146. The fourth-order valence-electron chi connectivity index (χ4n) is 2.58. The van der Waals surface area contributed by atoms with E-state index >= 15 is 0 Å². The van der Waals surface area contributed by atoms with Gasteiger partial charge in [-0.1, -0.05) is 18.2 Å². The van der Waals surface area contributed by atoms with E-state index in [2.05, 4.69) is 10.1 Å². The molecule has 0 radical (unpaired) electrons. The van der Waals surface area contributed by atoms with Crippen molar-refractivity contribution in [2.24, 2.45) is 7.05 Å². The highest BCUT2D eigenvalue weighted by molar-refractivity contribution is 7.99. The molecule has 0 aliphatic carbocycles. The molecule has 0 amide bonds. The molecule has 0 unspecified atom stereocenters.